The molecule has 4 heteroatoms. The third-order valence-corrected chi connectivity index (χ3v) is 2.94. The monoisotopic (exact) mass is 281 g/mol. The van der Waals surface area contributed by atoms with Gasteiger partial charge in [0.05, 0.1) is 6.61 Å². The quantitative estimate of drug-likeness (QED) is 0.612. The lowest BCUT2D eigenvalue weighted by Crippen LogP contribution is -2.16. The van der Waals surface area contributed by atoms with Gasteiger partial charge in [-0.25, -0.2) is 0 Å². The van der Waals surface area contributed by atoms with Crippen molar-refractivity contribution in [2.24, 2.45) is 0 Å². The summed E-state index contributed by atoms with van der Waals surface area (Å²) in [6.07, 6.45) is 3.34. The molecule has 0 atom stereocenters. The van der Waals surface area contributed by atoms with Crippen molar-refractivity contribution in [3.63, 3.8) is 0 Å². The molecule has 2 N–H and O–H groups in total. The zero-order valence-electron chi connectivity index (χ0n) is 12.7. The van der Waals surface area contributed by atoms with Gasteiger partial charge >= 0.3 is 0 Å². The smallest absolute Gasteiger partial charge is 0.161 e. The summed E-state index contributed by atoms with van der Waals surface area (Å²) in [5.41, 5.74) is 1.11. The lowest BCUT2D eigenvalue weighted by Gasteiger charge is -2.09. The molecule has 0 unspecified atom stereocenters. The van der Waals surface area contributed by atoms with Gasteiger partial charge in [-0.3, -0.25) is 0 Å². The van der Waals surface area contributed by atoms with Gasteiger partial charge in [0.2, 0.25) is 0 Å². The Morgan fingerprint density at radius 3 is 2.70 bits per heavy atom. The summed E-state index contributed by atoms with van der Waals surface area (Å²) in [6, 6.07) is 5.46. The Kier molecular flexibility index (Phi) is 8.83. The van der Waals surface area contributed by atoms with Gasteiger partial charge in [-0.15, -0.1) is 0 Å². The van der Waals surface area contributed by atoms with E-state index < -0.39 is 0 Å². The number of nitrogens with one attached hydrogen (secondary N) is 1. The number of ether oxygens (including phenoxy) is 2. The van der Waals surface area contributed by atoms with Crippen LogP contribution in [0.2, 0.25) is 0 Å². The molecular weight excluding hydrogens is 254 g/mol. The van der Waals surface area contributed by atoms with Crippen LogP contribution in [0.1, 0.15) is 38.7 Å². The van der Waals surface area contributed by atoms with Crippen LogP contribution < -0.4 is 10.1 Å². The first kappa shape index (κ1) is 16.8. The molecule has 4 nitrogen and oxygen atoms in total. The van der Waals surface area contributed by atoms with Crippen LogP contribution in [-0.4, -0.2) is 31.5 Å². The van der Waals surface area contributed by atoms with Crippen molar-refractivity contribution < 1.29 is 14.6 Å². The topological polar surface area (TPSA) is 50.7 Å². The third-order valence-electron chi connectivity index (χ3n) is 2.94. The minimum absolute atomic E-state index is 0.194. The van der Waals surface area contributed by atoms with E-state index in [4.69, 9.17) is 9.47 Å². The normalized spacial score (nSPS) is 10.7. The van der Waals surface area contributed by atoms with Crippen molar-refractivity contribution in [2.75, 3.05) is 26.4 Å². The highest BCUT2D eigenvalue weighted by atomic mass is 16.5. The SMILES string of the molecule is CCCCOCCCNCc1ccc(O)c(OCC)c1. The minimum Gasteiger partial charge on any atom is -0.504 e. The van der Waals surface area contributed by atoms with Crippen molar-refractivity contribution in [2.45, 2.75) is 39.7 Å². The highest BCUT2D eigenvalue weighted by Crippen LogP contribution is 2.26. The number of unbranched alkanes of at least 4 members (excludes halogenated alkanes) is 1. The first-order valence-electron chi connectivity index (χ1n) is 7.51. The van der Waals surface area contributed by atoms with Crippen LogP contribution in [0.5, 0.6) is 11.5 Å². The molecule has 0 spiro atoms. The summed E-state index contributed by atoms with van der Waals surface area (Å²) >= 11 is 0. The van der Waals surface area contributed by atoms with Crippen LogP contribution in [-0.2, 0) is 11.3 Å². The number of aromatic hydroxyl groups is 1. The van der Waals surface area contributed by atoms with Crippen LogP contribution in [0.4, 0.5) is 0 Å². The van der Waals surface area contributed by atoms with E-state index in [1.54, 1.807) is 6.07 Å². The van der Waals surface area contributed by atoms with Crippen LogP contribution >= 0.6 is 0 Å². The molecule has 0 aliphatic rings. The van der Waals surface area contributed by atoms with E-state index in [0.717, 1.165) is 44.7 Å². The van der Waals surface area contributed by atoms with Crippen LogP contribution in [0.25, 0.3) is 0 Å². The number of benzene rings is 1. The van der Waals surface area contributed by atoms with Gasteiger partial charge in [0.15, 0.2) is 11.5 Å². The van der Waals surface area contributed by atoms with E-state index in [2.05, 4.69) is 12.2 Å². The van der Waals surface area contributed by atoms with Crippen molar-refractivity contribution in [1.82, 2.24) is 5.32 Å². The average Bonchev–Trinajstić information content (AvgIpc) is 2.45. The van der Waals surface area contributed by atoms with Crippen molar-refractivity contribution in [3.05, 3.63) is 23.8 Å². The number of phenols is 1. The molecule has 0 saturated heterocycles. The maximum atomic E-state index is 9.62. The van der Waals surface area contributed by atoms with Gasteiger partial charge in [0.1, 0.15) is 0 Å². The predicted octanol–water partition coefficient (Wildman–Crippen LogP) is 3.09. The van der Waals surface area contributed by atoms with Crippen LogP contribution in [0, 0.1) is 0 Å². The maximum absolute atomic E-state index is 9.62. The highest BCUT2D eigenvalue weighted by Gasteiger charge is 2.03. The molecule has 114 valence electrons. The molecule has 0 aromatic heterocycles. The number of hydrogen-bond donors (Lipinski definition) is 2. The molecular formula is C16H27NO3. The van der Waals surface area contributed by atoms with Crippen molar-refractivity contribution >= 4 is 0 Å². The van der Waals surface area contributed by atoms with Crippen molar-refractivity contribution in [3.8, 4) is 11.5 Å². The molecule has 0 bridgehead atoms. The Bertz CT molecular complexity index is 369. The summed E-state index contributed by atoms with van der Waals surface area (Å²) in [4.78, 5) is 0. The standard InChI is InChI=1S/C16H27NO3/c1-3-5-10-19-11-6-9-17-13-14-7-8-15(18)16(12-14)20-4-2/h7-8,12,17-18H,3-6,9-11,13H2,1-2H3. The molecule has 1 aromatic carbocycles. The number of phenolic OH excluding ortho intramolecular Hbond substituents is 1. The van der Waals surface area contributed by atoms with Gasteiger partial charge in [-0.05, 0) is 44.0 Å². The zero-order chi connectivity index (χ0) is 14.6. The fourth-order valence-electron chi connectivity index (χ4n) is 1.82. The zero-order valence-corrected chi connectivity index (χ0v) is 12.7. The van der Waals surface area contributed by atoms with Crippen LogP contribution in [0.15, 0.2) is 18.2 Å². The van der Waals surface area contributed by atoms with E-state index in [9.17, 15) is 5.11 Å². The Hall–Kier alpha value is -1.26. The number of hydrogen-bond acceptors (Lipinski definition) is 4. The van der Waals surface area contributed by atoms with Gasteiger partial charge in [-0.2, -0.15) is 0 Å². The van der Waals surface area contributed by atoms with Crippen LogP contribution in [0.3, 0.4) is 0 Å². The molecule has 1 rings (SSSR count). The minimum atomic E-state index is 0.194. The summed E-state index contributed by atoms with van der Waals surface area (Å²) in [7, 11) is 0. The van der Waals surface area contributed by atoms with E-state index in [0.29, 0.717) is 12.4 Å². The second-order valence-corrected chi connectivity index (χ2v) is 4.73. The average molecular weight is 281 g/mol. The molecule has 0 aliphatic heterocycles. The summed E-state index contributed by atoms with van der Waals surface area (Å²) < 4.78 is 10.9. The molecule has 0 aliphatic carbocycles. The lowest BCUT2D eigenvalue weighted by molar-refractivity contribution is 0.129. The summed E-state index contributed by atoms with van der Waals surface area (Å²) in [5.74, 6) is 0.745. The second kappa shape index (κ2) is 10.5. The van der Waals surface area contributed by atoms with E-state index in [-0.39, 0.29) is 5.75 Å². The molecule has 0 radical (unpaired) electrons. The molecule has 20 heavy (non-hydrogen) atoms. The highest BCUT2D eigenvalue weighted by molar-refractivity contribution is 5.41. The fraction of sp³-hybridized carbons (Fsp3) is 0.625. The molecule has 0 saturated carbocycles. The van der Waals surface area contributed by atoms with Gasteiger partial charge in [-0.1, -0.05) is 19.4 Å². The van der Waals surface area contributed by atoms with Gasteiger partial charge in [0.25, 0.3) is 0 Å². The van der Waals surface area contributed by atoms with Gasteiger partial charge in [0, 0.05) is 19.8 Å². The molecule has 0 amide bonds. The van der Waals surface area contributed by atoms with E-state index in [1.165, 1.54) is 6.42 Å². The van der Waals surface area contributed by atoms with Crippen molar-refractivity contribution in [1.29, 1.82) is 0 Å². The second-order valence-electron chi connectivity index (χ2n) is 4.73. The lowest BCUT2D eigenvalue weighted by atomic mass is 10.2. The summed E-state index contributed by atoms with van der Waals surface area (Å²) in [5, 5.41) is 13.0. The molecule has 0 fully saturated rings. The maximum Gasteiger partial charge on any atom is 0.161 e. The molecule has 0 heterocycles. The predicted molar refractivity (Wildman–Crippen MR) is 81.3 cm³/mol. The Morgan fingerprint density at radius 1 is 1.15 bits per heavy atom. The third kappa shape index (κ3) is 6.78. The largest absolute Gasteiger partial charge is 0.504 e. The first-order valence-corrected chi connectivity index (χ1v) is 7.51. The molecule has 1 aromatic rings. The first-order chi connectivity index (χ1) is 9.77. The van der Waals surface area contributed by atoms with E-state index in [1.807, 2.05) is 19.1 Å². The Balaban J connectivity index is 2.17. The van der Waals surface area contributed by atoms with Gasteiger partial charge < -0.3 is 19.9 Å². The fourth-order valence-corrected chi connectivity index (χ4v) is 1.82. The Labute approximate surface area is 122 Å². The Morgan fingerprint density at radius 2 is 1.95 bits per heavy atom. The van der Waals surface area contributed by atoms with E-state index >= 15 is 0 Å². The summed E-state index contributed by atoms with van der Waals surface area (Å²) in [6.45, 7) is 8.01. The number of rotatable bonds is 11.